The molecule has 0 bridgehead atoms. The van der Waals surface area contributed by atoms with E-state index in [4.69, 9.17) is 39.2 Å². The maximum absolute atomic E-state index is 13.0. The van der Waals surface area contributed by atoms with Crippen molar-refractivity contribution in [2.45, 2.75) is 13.8 Å². The Labute approximate surface area is 202 Å². The van der Waals surface area contributed by atoms with Crippen molar-refractivity contribution < 1.29 is 9.21 Å². The second-order valence-corrected chi connectivity index (χ2v) is 9.76. The van der Waals surface area contributed by atoms with Gasteiger partial charge in [0.05, 0.1) is 15.7 Å². The number of carbonyl (C=O) groups excluding carboxylic acids is 1. The molecule has 2 aromatic heterocycles. The fraction of sp³-hybridized carbons (Fsp3) is 0.0833. The van der Waals surface area contributed by atoms with E-state index >= 15 is 0 Å². The maximum atomic E-state index is 13.0. The van der Waals surface area contributed by atoms with Crippen LogP contribution in [0.4, 0.5) is 5.69 Å². The van der Waals surface area contributed by atoms with E-state index < -0.39 is 0 Å². The van der Waals surface area contributed by atoms with Crippen molar-refractivity contribution in [1.29, 1.82) is 0 Å². The van der Waals surface area contributed by atoms with Gasteiger partial charge in [0.15, 0.2) is 5.58 Å². The molecule has 0 radical (unpaired) electrons. The molecule has 8 heteroatoms. The Morgan fingerprint density at radius 2 is 1.84 bits per heavy atom. The summed E-state index contributed by atoms with van der Waals surface area (Å²) in [6.07, 6.45) is 0. The highest BCUT2D eigenvalue weighted by Gasteiger charge is 2.19. The number of hydrogen-bond donors (Lipinski definition) is 1. The minimum Gasteiger partial charge on any atom is -0.436 e. The summed E-state index contributed by atoms with van der Waals surface area (Å²) in [6.45, 7) is 4.00. The van der Waals surface area contributed by atoms with Crippen LogP contribution in [0.3, 0.4) is 0 Å². The Kier molecular flexibility index (Phi) is 5.38. The third-order valence-corrected chi connectivity index (χ3v) is 7.30. The number of nitrogens with zero attached hydrogens (tertiary/aromatic N) is 1. The minimum atomic E-state index is -0.351. The van der Waals surface area contributed by atoms with Crippen LogP contribution >= 0.6 is 46.1 Å². The fourth-order valence-corrected chi connectivity index (χ4v) is 5.47. The minimum absolute atomic E-state index is 0.351. The Hall–Kier alpha value is -2.57. The smallest absolute Gasteiger partial charge is 0.267 e. The molecule has 0 atom stereocenters. The summed E-state index contributed by atoms with van der Waals surface area (Å²) < 4.78 is 6.83. The van der Waals surface area contributed by atoms with Crippen molar-refractivity contribution in [3.63, 3.8) is 0 Å². The largest absolute Gasteiger partial charge is 0.436 e. The molecular formula is C24H15Cl3N2O2S. The first-order valence-electron chi connectivity index (χ1n) is 9.67. The van der Waals surface area contributed by atoms with Crippen LogP contribution in [0, 0.1) is 13.8 Å². The SMILES string of the molecule is Cc1cc(C)c2oc(-c3ccc(Cl)c(NC(=O)c4sc5cc(Cl)ccc5c4Cl)c3)nc2c1. The van der Waals surface area contributed by atoms with Gasteiger partial charge in [0, 0.05) is 20.7 Å². The van der Waals surface area contributed by atoms with E-state index in [1.165, 1.54) is 11.3 Å². The lowest BCUT2D eigenvalue weighted by Gasteiger charge is -2.08. The van der Waals surface area contributed by atoms with E-state index in [9.17, 15) is 4.79 Å². The lowest BCUT2D eigenvalue weighted by atomic mass is 10.1. The van der Waals surface area contributed by atoms with E-state index in [-0.39, 0.29) is 5.91 Å². The van der Waals surface area contributed by atoms with Crippen molar-refractivity contribution >= 4 is 78.9 Å². The number of aromatic nitrogens is 1. The molecule has 5 aromatic rings. The molecule has 1 amide bonds. The topological polar surface area (TPSA) is 55.1 Å². The van der Waals surface area contributed by atoms with Crippen LogP contribution in [0.5, 0.6) is 0 Å². The summed E-state index contributed by atoms with van der Waals surface area (Å²) in [5.74, 6) is 0.103. The molecule has 0 saturated carbocycles. The zero-order valence-electron chi connectivity index (χ0n) is 16.9. The van der Waals surface area contributed by atoms with Gasteiger partial charge in [-0.05, 0) is 61.4 Å². The van der Waals surface area contributed by atoms with Crippen LogP contribution in [0.15, 0.2) is 52.9 Å². The first-order chi connectivity index (χ1) is 15.3. The fourth-order valence-electron chi connectivity index (χ4n) is 3.62. The Morgan fingerprint density at radius 3 is 2.66 bits per heavy atom. The third-order valence-electron chi connectivity index (χ3n) is 5.08. The van der Waals surface area contributed by atoms with Crippen LogP contribution in [0.1, 0.15) is 20.8 Å². The van der Waals surface area contributed by atoms with E-state index in [2.05, 4.69) is 10.3 Å². The van der Waals surface area contributed by atoms with Gasteiger partial charge in [-0.25, -0.2) is 4.98 Å². The lowest BCUT2D eigenvalue weighted by molar-refractivity contribution is 0.103. The van der Waals surface area contributed by atoms with Gasteiger partial charge in [-0.1, -0.05) is 46.9 Å². The highest BCUT2D eigenvalue weighted by molar-refractivity contribution is 7.21. The number of oxazole rings is 1. The molecule has 2 heterocycles. The standard InChI is InChI=1S/C24H15Cl3N2O2S/c1-11-7-12(2)21-18(8-11)29-24(31-21)13-3-6-16(26)17(9-13)28-23(30)22-20(27)15-5-4-14(25)10-19(15)32-22/h3-10H,1-2H3,(H,28,30). The van der Waals surface area contributed by atoms with Crippen LogP contribution < -0.4 is 5.32 Å². The van der Waals surface area contributed by atoms with Crippen molar-refractivity contribution in [2.24, 2.45) is 0 Å². The second kappa shape index (κ2) is 8.09. The lowest BCUT2D eigenvalue weighted by Crippen LogP contribution is -2.11. The second-order valence-electron chi connectivity index (χ2n) is 7.48. The highest BCUT2D eigenvalue weighted by Crippen LogP contribution is 2.38. The van der Waals surface area contributed by atoms with Crippen LogP contribution in [-0.4, -0.2) is 10.9 Å². The van der Waals surface area contributed by atoms with Crippen LogP contribution in [-0.2, 0) is 0 Å². The summed E-state index contributed by atoms with van der Waals surface area (Å²) in [4.78, 5) is 18.0. The molecule has 1 N–H and O–H groups in total. The Bertz CT molecular complexity index is 1540. The van der Waals surface area contributed by atoms with Gasteiger partial charge in [0.2, 0.25) is 5.89 Å². The number of carbonyl (C=O) groups is 1. The number of anilines is 1. The monoisotopic (exact) mass is 500 g/mol. The van der Waals surface area contributed by atoms with Gasteiger partial charge < -0.3 is 9.73 Å². The van der Waals surface area contributed by atoms with Gasteiger partial charge in [0.1, 0.15) is 10.4 Å². The Morgan fingerprint density at radius 1 is 1.03 bits per heavy atom. The summed E-state index contributed by atoms with van der Waals surface area (Å²) in [5.41, 5.74) is 4.79. The van der Waals surface area contributed by atoms with Gasteiger partial charge in [-0.2, -0.15) is 0 Å². The molecule has 160 valence electrons. The van der Waals surface area contributed by atoms with Crippen molar-refractivity contribution in [3.8, 4) is 11.5 Å². The molecule has 4 nitrogen and oxygen atoms in total. The van der Waals surface area contributed by atoms with Gasteiger partial charge >= 0.3 is 0 Å². The zero-order valence-corrected chi connectivity index (χ0v) is 20.0. The molecule has 0 fully saturated rings. The summed E-state index contributed by atoms with van der Waals surface area (Å²) >= 11 is 20.2. The average molecular weight is 502 g/mol. The third kappa shape index (κ3) is 3.76. The van der Waals surface area contributed by atoms with Gasteiger partial charge in [-0.3, -0.25) is 4.79 Å². The van der Waals surface area contributed by atoms with Crippen molar-refractivity contribution in [2.75, 3.05) is 5.32 Å². The maximum Gasteiger partial charge on any atom is 0.267 e. The van der Waals surface area contributed by atoms with E-state index in [1.807, 2.05) is 26.0 Å². The molecule has 0 saturated heterocycles. The first-order valence-corrected chi connectivity index (χ1v) is 11.6. The quantitative estimate of drug-likeness (QED) is 0.269. The molecule has 32 heavy (non-hydrogen) atoms. The summed E-state index contributed by atoms with van der Waals surface area (Å²) in [6, 6.07) is 14.6. The molecule has 0 aliphatic heterocycles. The number of halogens is 3. The number of rotatable bonds is 3. The summed E-state index contributed by atoms with van der Waals surface area (Å²) in [5, 5.41) is 5.01. The molecule has 5 rings (SSSR count). The first kappa shape index (κ1) is 21.3. The zero-order chi connectivity index (χ0) is 22.6. The number of hydrogen-bond acceptors (Lipinski definition) is 4. The highest BCUT2D eigenvalue weighted by atomic mass is 35.5. The molecule has 0 unspecified atom stereocenters. The molecular weight excluding hydrogens is 487 g/mol. The molecule has 0 aliphatic rings. The normalized spacial score (nSPS) is 11.4. The summed E-state index contributed by atoms with van der Waals surface area (Å²) in [7, 11) is 0. The van der Waals surface area contributed by atoms with E-state index in [0.29, 0.717) is 37.1 Å². The predicted octanol–water partition coefficient (Wildman–Crippen LogP) is 8.54. The van der Waals surface area contributed by atoms with Gasteiger partial charge in [-0.15, -0.1) is 11.3 Å². The van der Waals surface area contributed by atoms with Crippen molar-refractivity contribution in [1.82, 2.24) is 4.98 Å². The van der Waals surface area contributed by atoms with Gasteiger partial charge in [0.25, 0.3) is 5.91 Å². The van der Waals surface area contributed by atoms with Crippen LogP contribution in [0.25, 0.3) is 32.6 Å². The average Bonchev–Trinajstić information content (AvgIpc) is 3.31. The number of benzene rings is 3. The van der Waals surface area contributed by atoms with Crippen LogP contribution in [0.2, 0.25) is 15.1 Å². The van der Waals surface area contributed by atoms with Crippen molar-refractivity contribution in [3.05, 3.63) is 79.6 Å². The Balaban J connectivity index is 1.50. The molecule has 3 aromatic carbocycles. The number of amides is 1. The number of fused-ring (bicyclic) bond motifs is 2. The number of aryl methyl sites for hydroxylation is 2. The predicted molar refractivity (Wildman–Crippen MR) is 134 cm³/mol. The number of nitrogens with one attached hydrogen (secondary N) is 1. The molecule has 0 spiro atoms. The molecule has 0 aliphatic carbocycles. The van der Waals surface area contributed by atoms with E-state index in [1.54, 1.807) is 36.4 Å². The number of thiophene rings is 1. The van der Waals surface area contributed by atoms with E-state index in [0.717, 1.165) is 32.3 Å².